The molecule has 2 aromatic rings. The van der Waals surface area contributed by atoms with Gasteiger partial charge in [-0.3, -0.25) is 0 Å². The summed E-state index contributed by atoms with van der Waals surface area (Å²) in [7, 11) is 1.78. The summed E-state index contributed by atoms with van der Waals surface area (Å²) >= 11 is 9.36. The van der Waals surface area contributed by atoms with Gasteiger partial charge in [0.15, 0.2) is 5.75 Å². The Kier molecular flexibility index (Phi) is 4.09. The minimum Gasteiger partial charge on any atom is -0.453 e. The Bertz CT molecular complexity index is 577. The summed E-state index contributed by atoms with van der Waals surface area (Å²) in [6.45, 7) is 0. The molecule has 0 unspecified atom stereocenters. The van der Waals surface area contributed by atoms with Crippen molar-refractivity contribution in [3.05, 3.63) is 51.7 Å². The third kappa shape index (κ3) is 2.76. The van der Waals surface area contributed by atoms with Crippen molar-refractivity contribution in [2.24, 2.45) is 0 Å². The molecule has 5 heteroatoms. The van der Waals surface area contributed by atoms with Gasteiger partial charge in [-0.05, 0) is 40.2 Å². The number of hydrogen-bond acceptors (Lipinski definition) is 2. The second-order valence-electron chi connectivity index (χ2n) is 3.54. The smallest absolute Gasteiger partial charge is 0.151 e. The van der Waals surface area contributed by atoms with E-state index in [0.717, 1.165) is 10.2 Å². The van der Waals surface area contributed by atoms with Crippen molar-refractivity contribution in [1.29, 1.82) is 0 Å². The Morgan fingerprint density at radius 2 is 2.00 bits per heavy atom. The zero-order valence-electron chi connectivity index (χ0n) is 9.51. The average Bonchev–Trinajstić information content (AvgIpc) is 2.34. The van der Waals surface area contributed by atoms with E-state index in [-0.39, 0.29) is 5.75 Å². The van der Waals surface area contributed by atoms with Crippen LogP contribution < -0.4 is 10.1 Å². The van der Waals surface area contributed by atoms with Crippen LogP contribution >= 0.6 is 27.5 Å². The van der Waals surface area contributed by atoms with E-state index in [1.807, 2.05) is 12.1 Å². The van der Waals surface area contributed by atoms with Crippen molar-refractivity contribution in [1.82, 2.24) is 0 Å². The van der Waals surface area contributed by atoms with E-state index >= 15 is 0 Å². The summed E-state index contributed by atoms with van der Waals surface area (Å²) in [5.74, 6) is 0.459. The van der Waals surface area contributed by atoms with E-state index in [2.05, 4.69) is 21.2 Å². The highest BCUT2D eigenvalue weighted by molar-refractivity contribution is 9.10. The molecule has 2 rings (SSSR count). The molecule has 0 atom stereocenters. The first-order valence-electron chi connectivity index (χ1n) is 5.21. The third-order valence-electron chi connectivity index (χ3n) is 2.34. The first kappa shape index (κ1) is 13.2. The SMILES string of the molecule is CNc1c(Br)cccc1Oc1cc(F)ccc1Cl. The Hall–Kier alpha value is -1.26. The van der Waals surface area contributed by atoms with Crippen LogP contribution in [0.1, 0.15) is 0 Å². The Morgan fingerprint density at radius 3 is 2.72 bits per heavy atom. The van der Waals surface area contributed by atoms with Gasteiger partial charge in [0.05, 0.1) is 10.7 Å². The van der Waals surface area contributed by atoms with Gasteiger partial charge in [-0.2, -0.15) is 0 Å². The van der Waals surface area contributed by atoms with Gasteiger partial charge < -0.3 is 10.1 Å². The monoisotopic (exact) mass is 329 g/mol. The summed E-state index contributed by atoms with van der Waals surface area (Å²) in [5, 5.41) is 3.37. The van der Waals surface area contributed by atoms with Crippen molar-refractivity contribution in [3.63, 3.8) is 0 Å². The van der Waals surface area contributed by atoms with Crippen molar-refractivity contribution in [2.75, 3.05) is 12.4 Å². The molecule has 1 N–H and O–H groups in total. The summed E-state index contributed by atoms with van der Waals surface area (Å²) in [5.41, 5.74) is 0.776. The Labute approximate surface area is 118 Å². The van der Waals surface area contributed by atoms with Crippen molar-refractivity contribution < 1.29 is 9.13 Å². The fourth-order valence-corrected chi connectivity index (χ4v) is 2.21. The van der Waals surface area contributed by atoms with E-state index in [9.17, 15) is 4.39 Å². The van der Waals surface area contributed by atoms with Gasteiger partial charge in [0.1, 0.15) is 11.6 Å². The number of anilines is 1. The molecule has 0 aliphatic rings. The molecule has 2 nitrogen and oxygen atoms in total. The van der Waals surface area contributed by atoms with Crippen molar-refractivity contribution >= 4 is 33.2 Å². The number of nitrogens with one attached hydrogen (secondary N) is 1. The van der Waals surface area contributed by atoms with E-state index in [0.29, 0.717) is 10.8 Å². The first-order valence-corrected chi connectivity index (χ1v) is 6.38. The second kappa shape index (κ2) is 5.59. The maximum atomic E-state index is 13.1. The first-order chi connectivity index (χ1) is 8.61. The maximum Gasteiger partial charge on any atom is 0.151 e. The highest BCUT2D eigenvalue weighted by atomic mass is 79.9. The molecule has 0 bridgehead atoms. The lowest BCUT2D eigenvalue weighted by Gasteiger charge is -2.13. The Morgan fingerprint density at radius 1 is 1.22 bits per heavy atom. The molecule has 0 aliphatic heterocycles. The van der Waals surface area contributed by atoms with Gasteiger partial charge in [0.25, 0.3) is 0 Å². The van der Waals surface area contributed by atoms with Crippen molar-refractivity contribution in [2.45, 2.75) is 0 Å². The fourth-order valence-electron chi connectivity index (χ4n) is 1.51. The van der Waals surface area contributed by atoms with Crippen LogP contribution in [0.25, 0.3) is 0 Å². The predicted molar refractivity (Wildman–Crippen MR) is 75.2 cm³/mol. The van der Waals surface area contributed by atoms with Crippen LogP contribution in [0.4, 0.5) is 10.1 Å². The summed E-state index contributed by atoms with van der Waals surface area (Å²) < 4.78 is 19.6. The maximum absolute atomic E-state index is 13.1. The molecule has 0 amide bonds. The summed E-state index contributed by atoms with van der Waals surface area (Å²) in [6.07, 6.45) is 0. The van der Waals surface area contributed by atoms with Crippen LogP contribution in [-0.2, 0) is 0 Å². The van der Waals surface area contributed by atoms with E-state index in [4.69, 9.17) is 16.3 Å². The highest BCUT2D eigenvalue weighted by Gasteiger charge is 2.10. The highest BCUT2D eigenvalue weighted by Crippen LogP contribution is 2.37. The van der Waals surface area contributed by atoms with Gasteiger partial charge >= 0.3 is 0 Å². The molecule has 0 spiro atoms. The van der Waals surface area contributed by atoms with Gasteiger partial charge in [-0.25, -0.2) is 4.39 Å². The number of halogens is 3. The fraction of sp³-hybridized carbons (Fsp3) is 0.0769. The molecule has 94 valence electrons. The van der Waals surface area contributed by atoms with Crippen LogP contribution in [0.3, 0.4) is 0 Å². The van der Waals surface area contributed by atoms with Gasteiger partial charge in [0.2, 0.25) is 0 Å². The molecular formula is C13H10BrClFNO. The van der Waals surface area contributed by atoms with Crippen molar-refractivity contribution in [3.8, 4) is 11.5 Å². The lowest BCUT2D eigenvalue weighted by Crippen LogP contribution is -1.95. The van der Waals surface area contributed by atoms with Gasteiger partial charge in [-0.1, -0.05) is 17.7 Å². The zero-order chi connectivity index (χ0) is 13.1. The molecule has 18 heavy (non-hydrogen) atoms. The molecule has 0 heterocycles. The zero-order valence-corrected chi connectivity index (χ0v) is 11.8. The lowest BCUT2D eigenvalue weighted by atomic mass is 10.3. The van der Waals surface area contributed by atoms with Crippen LogP contribution in [0, 0.1) is 5.82 Å². The molecule has 0 saturated carbocycles. The minimum absolute atomic E-state index is 0.284. The van der Waals surface area contributed by atoms with E-state index in [1.165, 1.54) is 18.2 Å². The van der Waals surface area contributed by atoms with E-state index < -0.39 is 5.82 Å². The molecule has 0 fully saturated rings. The molecular weight excluding hydrogens is 321 g/mol. The molecule has 0 saturated heterocycles. The Balaban J connectivity index is 2.40. The molecule has 0 radical (unpaired) electrons. The van der Waals surface area contributed by atoms with Gasteiger partial charge in [0, 0.05) is 17.6 Å². The lowest BCUT2D eigenvalue weighted by molar-refractivity contribution is 0.478. The second-order valence-corrected chi connectivity index (χ2v) is 4.80. The van der Waals surface area contributed by atoms with Gasteiger partial charge in [-0.15, -0.1) is 0 Å². The van der Waals surface area contributed by atoms with Crippen LogP contribution in [0.5, 0.6) is 11.5 Å². The van der Waals surface area contributed by atoms with Crippen LogP contribution in [-0.4, -0.2) is 7.05 Å². The summed E-state index contributed by atoms with van der Waals surface area (Å²) in [6, 6.07) is 9.48. The quantitative estimate of drug-likeness (QED) is 0.848. The number of hydrogen-bond donors (Lipinski definition) is 1. The molecule has 2 aromatic carbocycles. The number of benzene rings is 2. The van der Waals surface area contributed by atoms with Crippen LogP contribution in [0.2, 0.25) is 5.02 Å². The average molecular weight is 331 g/mol. The molecule has 0 aromatic heterocycles. The topological polar surface area (TPSA) is 21.3 Å². The number of para-hydroxylation sites is 1. The van der Waals surface area contributed by atoms with Crippen LogP contribution in [0.15, 0.2) is 40.9 Å². The number of rotatable bonds is 3. The third-order valence-corrected chi connectivity index (χ3v) is 3.31. The molecule has 0 aliphatic carbocycles. The largest absolute Gasteiger partial charge is 0.453 e. The minimum atomic E-state index is -0.393. The van der Waals surface area contributed by atoms with E-state index in [1.54, 1.807) is 13.1 Å². The number of ether oxygens (including phenoxy) is 1. The summed E-state index contributed by atoms with van der Waals surface area (Å²) in [4.78, 5) is 0. The normalized spacial score (nSPS) is 10.2. The predicted octanol–water partition coefficient (Wildman–Crippen LogP) is 5.08. The standard InChI is InChI=1S/C13H10BrClFNO/c1-17-13-9(14)3-2-4-11(13)18-12-7-8(16)5-6-10(12)15/h2-7,17H,1H3.